The third kappa shape index (κ3) is 4.44. The van der Waals surface area contributed by atoms with Gasteiger partial charge in [0.05, 0.1) is 6.61 Å². The maximum atomic E-state index is 10.5. The number of hydrogen-bond donors (Lipinski definition) is 1. The van der Waals surface area contributed by atoms with Gasteiger partial charge in [0.25, 0.3) is 0 Å². The van der Waals surface area contributed by atoms with Crippen molar-refractivity contribution in [3.63, 3.8) is 0 Å². The first-order chi connectivity index (χ1) is 4.59. The Kier molecular flexibility index (Phi) is 6.67. The van der Waals surface area contributed by atoms with E-state index in [0.29, 0.717) is 4.90 Å². The van der Waals surface area contributed by atoms with Gasteiger partial charge >= 0.3 is 12.2 Å². The minimum absolute atomic E-state index is 0. The Balaban J connectivity index is 0. The number of imide groups is 1. The molecule has 11 heavy (non-hydrogen) atoms. The second-order valence-corrected chi connectivity index (χ2v) is 1.54. The van der Waals surface area contributed by atoms with Crippen molar-refractivity contribution in [2.75, 3.05) is 13.7 Å². The maximum Gasteiger partial charge on any atom is 0.419 e. The van der Waals surface area contributed by atoms with Crippen molar-refractivity contribution in [3.8, 4) is 0 Å². The van der Waals surface area contributed by atoms with Gasteiger partial charge < -0.3 is 9.84 Å². The van der Waals surface area contributed by atoms with Gasteiger partial charge in [-0.15, -0.1) is 12.4 Å². The molecule has 0 fully saturated rings. The molecule has 0 unspecified atom stereocenters. The number of carboxylic acid groups (broad SMARTS) is 1. The highest BCUT2D eigenvalue weighted by molar-refractivity contribution is 5.86. The molecule has 0 radical (unpaired) electrons. The molecule has 0 saturated heterocycles. The predicted molar refractivity (Wildman–Crippen MR) is 40.1 cm³/mol. The van der Waals surface area contributed by atoms with E-state index in [1.54, 1.807) is 6.92 Å². The number of rotatable bonds is 1. The van der Waals surface area contributed by atoms with E-state index in [4.69, 9.17) is 5.11 Å². The summed E-state index contributed by atoms with van der Waals surface area (Å²) in [4.78, 5) is 21.0. The van der Waals surface area contributed by atoms with Crippen molar-refractivity contribution in [2.24, 2.45) is 0 Å². The van der Waals surface area contributed by atoms with Crippen LogP contribution in [0.2, 0.25) is 0 Å². The van der Waals surface area contributed by atoms with Gasteiger partial charge in [0.15, 0.2) is 0 Å². The lowest BCUT2D eigenvalue weighted by Crippen LogP contribution is -2.32. The number of nitrogens with zero attached hydrogens (tertiary/aromatic N) is 1. The highest BCUT2D eigenvalue weighted by Crippen LogP contribution is 1.89. The molecule has 66 valence electrons. The van der Waals surface area contributed by atoms with Gasteiger partial charge in [0.1, 0.15) is 0 Å². The van der Waals surface area contributed by atoms with Crippen LogP contribution in [0.25, 0.3) is 0 Å². The molecule has 0 aliphatic rings. The summed E-state index contributed by atoms with van der Waals surface area (Å²) in [5.41, 5.74) is 0. The third-order valence-corrected chi connectivity index (χ3v) is 0.829. The van der Waals surface area contributed by atoms with Crippen molar-refractivity contribution in [1.82, 2.24) is 4.90 Å². The number of ether oxygens (including phenoxy) is 1. The average molecular weight is 184 g/mol. The van der Waals surface area contributed by atoms with Gasteiger partial charge in [-0.05, 0) is 6.92 Å². The Morgan fingerprint density at radius 3 is 2.27 bits per heavy atom. The molecule has 0 aliphatic carbocycles. The molecule has 0 aromatic rings. The van der Waals surface area contributed by atoms with E-state index in [1.165, 1.54) is 0 Å². The highest BCUT2D eigenvalue weighted by Gasteiger charge is 2.15. The smallest absolute Gasteiger partial charge is 0.419 e. The minimum Gasteiger partial charge on any atom is -0.465 e. The van der Waals surface area contributed by atoms with Gasteiger partial charge in [-0.25, -0.2) is 14.5 Å². The molecule has 0 aromatic carbocycles. The zero-order valence-corrected chi connectivity index (χ0v) is 7.05. The topological polar surface area (TPSA) is 66.8 Å². The summed E-state index contributed by atoms with van der Waals surface area (Å²) in [5.74, 6) is 0. The van der Waals surface area contributed by atoms with Gasteiger partial charge in [-0.1, -0.05) is 0 Å². The lowest BCUT2D eigenvalue weighted by Gasteiger charge is -2.09. The fourth-order valence-corrected chi connectivity index (χ4v) is 0.298. The highest BCUT2D eigenvalue weighted by atomic mass is 35.5. The quantitative estimate of drug-likeness (QED) is 0.663. The molecule has 0 aromatic heterocycles. The normalized spacial score (nSPS) is 7.82. The Hall–Kier alpha value is -0.970. The van der Waals surface area contributed by atoms with Crippen molar-refractivity contribution in [2.45, 2.75) is 6.92 Å². The Morgan fingerprint density at radius 2 is 2.00 bits per heavy atom. The molecule has 2 amide bonds. The molecule has 0 bridgehead atoms. The largest absolute Gasteiger partial charge is 0.465 e. The second-order valence-electron chi connectivity index (χ2n) is 1.54. The first kappa shape index (κ1) is 12.7. The van der Waals surface area contributed by atoms with Crippen LogP contribution in [0.3, 0.4) is 0 Å². The first-order valence-electron chi connectivity index (χ1n) is 2.73. The lowest BCUT2D eigenvalue weighted by atomic mass is 10.8. The average Bonchev–Trinajstić information content (AvgIpc) is 1.87. The van der Waals surface area contributed by atoms with Crippen LogP contribution in [0.15, 0.2) is 0 Å². The van der Waals surface area contributed by atoms with E-state index in [1.807, 2.05) is 0 Å². The van der Waals surface area contributed by atoms with Crippen molar-refractivity contribution < 1.29 is 19.4 Å². The summed E-state index contributed by atoms with van der Waals surface area (Å²) in [5, 5.41) is 8.20. The number of hydrogen-bond acceptors (Lipinski definition) is 3. The molecule has 6 heteroatoms. The standard InChI is InChI=1S/C5H9NO4.ClH/c1-3-10-5(9)6(2)4(7)8;/h3H2,1-2H3,(H,7,8);1H. The molecule has 0 saturated carbocycles. The van der Waals surface area contributed by atoms with E-state index < -0.39 is 12.2 Å². The summed E-state index contributed by atoms with van der Waals surface area (Å²) in [6.45, 7) is 1.78. The fourth-order valence-electron chi connectivity index (χ4n) is 0.298. The van der Waals surface area contributed by atoms with Crippen molar-refractivity contribution in [1.29, 1.82) is 0 Å². The van der Waals surface area contributed by atoms with Crippen LogP contribution in [-0.4, -0.2) is 35.8 Å². The Bertz CT molecular complexity index is 149. The molecule has 0 heterocycles. The van der Waals surface area contributed by atoms with Gasteiger partial charge in [-0.3, -0.25) is 0 Å². The Labute approximate surface area is 70.3 Å². The van der Waals surface area contributed by atoms with E-state index in [2.05, 4.69) is 4.74 Å². The zero-order chi connectivity index (χ0) is 8.15. The number of halogens is 1. The van der Waals surface area contributed by atoms with E-state index in [-0.39, 0.29) is 19.0 Å². The summed E-state index contributed by atoms with van der Waals surface area (Å²) < 4.78 is 4.37. The SMILES string of the molecule is CCOC(=O)N(C)C(=O)O.Cl. The van der Waals surface area contributed by atoms with Crippen LogP contribution in [0.5, 0.6) is 0 Å². The molecule has 0 spiro atoms. The number of carbonyl (C=O) groups excluding carboxylic acids is 1. The molecule has 0 aliphatic heterocycles. The van der Waals surface area contributed by atoms with Gasteiger partial charge in [0, 0.05) is 7.05 Å². The van der Waals surface area contributed by atoms with Crippen molar-refractivity contribution >= 4 is 24.6 Å². The molecule has 0 atom stereocenters. The number of amides is 2. The monoisotopic (exact) mass is 183 g/mol. The summed E-state index contributed by atoms with van der Waals surface area (Å²) in [7, 11) is 1.13. The minimum atomic E-state index is -1.32. The van der Waals surface area contributed by atoms with E-state index in [9.17, 15) is 9.59 Å². The van der Waals surface area contributed by atoms with Crippen LogP contribution in [-0.2, 0) is 4.74 Å². The van der Waals surface area contributed by atoms with E-state index >= 15 is 0 Å². The molecule has 0 rings (SSSR count). The predicted octanol–water partition coefficient (Wildman–Crippen LogP) is 1.17. The zero-order valence-electron chi connectivity index (χ0n) is 6.23. The summed E-state index contributed by atoms with van der Waals surface area (Å²) in [6.07, 6.45) is -2.17. The fraction of sp³-hybridized carbons (Fsp3) is 0.600. The van der Waals surface area contributed by atoms with Crippen LogP contribution in [0.4, 0.5) is 9.59 Å². The lowest BCUT2D eigenvalue weighted by molar-refractivity contribution is 0.106. The first-order valence-corrected chi connectivity index (χ1v) is 2.73. The van der Waals surface area contributed by atoms with Gasteiger partial charge in [0.2, 0.25) is 0 Å². The second kappa shape index (κ2) is 5.79. The number of carbonyl (C=O) groups is 2. The van der Waals surface area contributed by atoms with Crippen LogP contribution < -0.4 is 0 Å². The van der Waals surface area contributed by atoms with E-state index in [0.717, 1.165) is 7.05 Å². The molecule has 5 nitrogen and oxygen atoms in total. The maximum absolute atomic E-state index is 10.5. The molecular formula is C5H10ClNO4. The van der Waals surface area contributed by atoms with Crippen LogP contribution in [0.1, 0.15) is 6.92 Å². The third-order valence-electron chi connectivity index (χ3n) is 0.829. The molecule has 1 N–H and O–H groups in total. The summed E-state index contributed by atoms with van der Waals surface area (Å²) in [6, 6.07) is 0. The molecular weight excluding hydrogens is 174 g/mol. The van der Waals surface area contributed by atoms with Crippen LogP contribution in [0, 0.1) is 0 Å². The van der Waals surface area contributed by atoms with Crippen LogP contribution >= 0.6 is 12.4 Å². The summed E-state index contributed by atoms with van der Waals surface area (Å²) >= 11 is 0. The van der Waals surface area contributed by atoms with Crippen molar-refractivity contribution in [3.05, 3.63) is 0 Å². The van der Waals surface area contributed by atoms with Gasteiger partial charge in [-0.2, -0.15) is 0 Å². The Morgan fingerprint density at radius 1 is 1.55 bits per heavy atom.